The number of carbonyl (C=O) groups is 2. The number of primary amides is 1. The molecule has 0 spiro atoms. The highest BCUT2D eigenvalue weighted by Crippen LogP contribution is 2.15. The second-order valence-electron chi connectivity index (χ2n) is 2.49. The van der Waals surface area contributed by atoms with Crippen molar-refractivity contribution < 1.29 is 14.0 Å². The van der Waals surface area contributed by atoms with E-state index in [1.54, 1.807) is 0 Å². The number of halogens is 1. The minimum Gasteiger partial charge on any atom is -0.366 e. The average molecular weight is 192 g/mol. The summed E-state index contributed by atoms with van der Waals surface area (Å²) in [5, 5.41) is 8.54. The van der Waals surface area contributed by atoms with Gasteiger partial charge in [-0.1, -0.05) is 0 Å². The van der Waals surface area contributed by atoms with Crippen molar-refractivity contribution in [1.82, 2.24) is 0 Å². The van der Waals surface area contributed by atoms with Gasteiger partial charge in [-0.25, -0.2) is 4.39 Å². The van der Waals surface area contributed by atoms with Crippen LogP contribution in [-0.4, -0.2) is 12.2 Å². The molecular weight excluding hydrogens is 187 g/mol. The van der Waals surface area contributed by atoms with Gasteiger partial charge in [-0.05, 0) is 12.1 Å². The summed E-state index contributed by atoms with van der Waals surface area (Å²) >= 11 is 0. The second-order valence-corrected chi connectivity index (χ2v) is 2.49. The maximum Gasteiger partial charge on any atom is 0.251 e. The van der Waals surface area contributed by atoms with Gasteiger partial charge < -0.3 is 5.73 Å². The summed E-state index contributed by atoms with van der Waals surface area (Å²) in [6.07, 6.45) is 0.340. The lowest BCUT2D eigenvalue weighted by atomic mass is 10.0. The Kier molecular flexibility index (Phi) is 2.58. The Hall–Kier alpha value is -2.22. The van der Waals surface area contributed by atoms with E-state index in [-0.39, 0.29) is 5.56 Å². The van der Waals surface area contributed by atoms with Gasteiger partial charge in [-0.3, -0.25) is 9.59 Å². The number of nitriles is 1. The number of rotatable bonds is 2. The lowest BCUT2D eigenvalue weighted by molar-refractivity contribution is 0.0995. The lowest BCUT2D eigenvalue weighted by Crippen LogP contribution is -2.14. The van der Waals surface area contributed by atoms with Crippen molar-refractivity contribution >= 4 is 12.2 Å². The molecule has 0 saturated carbocycles. The van der Waals surface area contributed by atoms with Crippen LogP contribution in [0.5, 0.6) is 0 Å². The number of aldehydes is 1. The van der Waals surface area contributed by atoms with Gasteiger partial charge in [0.05, 0.1) is 11.1 Å². The molecule has 2 N–H and O–H groups in total. The van der Waals surface area contributed by atoms with Crippen LogP contribution in [0.25, 0.3) is 0 Å². The van der Waals surface area contributed by atoms with E-state index >= 15 is 0 Å². The SMILES string of the molecule is N#Cc1c(C=O)ccc(C(N)=O)c1F. The predicted octanol–water partition coefficient (Wildman–Crippen LogP) is 0.609. The number of hydrogen-bond donors (Lipinski definition) is 1. The molecule has 0 heterocycles. The van der Waals surface area contributed by atoms with Crippen molar-refractivity contribution in [2.45, 2.75) is 0 Å². The molecule has 1 rings (SSSR count). The van der Waals surface area contributed by atoms with Crippen molar-refractivity contribution in [3.8, 4) is 6.07 Å². The molecule has 4 nitrogen and oxygen atoms in total. The quantitative estimate of drug-likeness (QED) is 0.696. The molecule has 0 radical (unpaired) electrons. The fourth-order valence-corrected chi connectivity index (χ4v) is 0.993. The molecule has 0 saturated heterocycles. The molecule has 0 fully saturated rings. The van der Waals surface area contributed by atoms with Crippen molar-refractivity contribution in [3.63, 3.8) is 0 Å². The largest absolute Gasteiger partial charge is 0.366 e. The fraction of sp³-hybridized carbons (Fsp3) is 0. The van der Waals surface area contributed by atoms with Crippen LogP contribution in [0.3, 0.4) is 0 Å². The zero-order chi connectivity index (χ0) is 10.7. The minimum atomic E-state index is -1.05. The highest BCUT2D eigenvalue weighted by molar-refractivity contribution is 5.94. The highest BCUT2D eigenvalue weighted by Gasteiger charge is 2.15. The fourth-order valence-electron chi connectivity index (χ4n) is 0.993. The molecule has 0 aliphatic heterocycles. The van der Waals surface area contributed by atoms with Gasteiger partial charge in [-0.15, -0.1) is 0 Å². The molecule has 1 aromatic carbocycles. The molecule has 14 heavy (non-hydrogen) atoms. The van der Waals surface area contributed by atoms with Gasteiger partial charge in [0.2, 0.25) is 0 Å². The van der Waals surface area contributed by atoms with E-state index in [9.17, 15) is 14.0 Å². The first-order valence-corrected chi connectivity index (χ1v) is 3.59. The Bertz CT molecular complexity index is 449. The second kappa shape index (κ2) is 3.66. The molecule has 0 aromatic heterocycles. The first kappa shape index (κ1) is 9.86. The molecule has 0 aliphatic carbocycles. The van der Waals surface area contributed by atoms with Gasteiger partial charge in [0.25, 0.3) is 5.91 Å². The summed E-state index contributed by atoms with van der Waals surface area (Å²) in [5.74, 6) is -2.03. The zero-order valence-corrected chi connectivity index (χ0v) is 6.95. The summed E-state index contributed by atoms with van der Waals surface area (Å²) in [6.45, 7) is 0. The van der Waals surface area contributed by atoms with Crippen LogP contribution in [0.4, 0.5) is 4.39 Å². The van der Waals surface area contributed by atoms with E-state index < -0.39 is 22.9 Å². The Balaban J connectivity index is 3.52. The number of carbonyl (C=O) groups excluding carboxylic acids is 2. The van der Waals surface area contributed by atoms with Gasteiger partial charge in [0.15, 0.2) is 12.1 Å². The standard InChI is InChI=1S/C9H5FN2O2/c10-8-6(9(12)14)2-1-5(4-13)7(8)3-11/h1-2,4H,(H2,12,14). The minimum absolute atomic E-state index is 0.102. The molecule has 5 heteroatoms. The third-order valence-corrected chi connectivity index (χ3v) is 1.68. The summed E-state index contributed by atoms with van der Waals surface area (Å²) in [6, 6.07) is 3.74. The van der Waals surface area contributed by atoms with Crippen LogP contribution in [0.1, 0.15) is 26.3 Å². The van der Waals surface area contributed by atoms with E-state index in [2.05, 4.69) is 0 Å². The number of benzene rings is 1. The molecule has 0 aliphatic rings. The van der Waals surface area contributed by atoms with E-state index in [1.807, 2.05) is 0 Å². The number of nitrogens with two attached hydrogens (primary N) is 1. The topological polar surface area (TPSA) is 83.9 Å². The normalized spacial score (nSPS) is 9.14. The van der Waals surface area contributed by atoms with Crippen LogP contribution in [-0.2, 0) is 0 Å². The number of amides is 1. The summed E-state index contributed by atoms with van der Waals surface area (Å²) in [4.78, 5) is 21.1. The van der Waals surface area contributed by atoms with Crippen molar-refractivity contribution in [3.05, 3.63) is 34.6 Å². The summed E-state index contributed by atoms with van der Waals surface area (Å²) in [7, 11) is 0. The summed E-state index contributed by atoms with van der Waals surface area (Å²) in [5.41, 5.74) is 3.89. The monoisotopic (exact) mass is 192 g/mol. The maximum absolute atomic E-state index is 13.3. The molecule has 0 atom stereocenters. The van der Waals surface area contributed by atoms with Crippen LogP contribution >= 0.6 is 0 Å². The third kappa shape index (κ3) is 1.45. The first-order chi connectivity index (χ1) is 6.61. The average Bonchev–Trinajstić information content (AvgIpc) is 2.16. The molecule has 0 bridgehead atoms. The van der Waals surface area contributed by atoms with Crippen LogP contribution in [0.2, 0.25) is 0 Å². The van der Waals surface area contributed by atoms with Gasteiger partial charge in [-0.2, -0.15) is 5.26 Å². The molecule has 1 aromatic rings. The smallest absolute Gasteiger partial charge is 0.251 e. The Labute approximate surface area is 78.7 Å². The molecule has 1 amide bonds. The van der Waals surface area contributed by atoms with Crippen LogP contribution in [0, 0.1) is 17.1 Å². The lowest BCUT2D eigenvalue weighted by Gasteiger charge is -2.01. The number of hydrogen-bond acceptors (Lipinski definition) is 3. The Morgan fingerprint density at radius 1 is 1.57 bits per heavy atom. The van der Waals surface area contributed by atoms with E-state index in [1.165, 1.54) is 12.1 Å². The van der Waals surface area contributed by atoms with Gasteiger partial charge in [0.1, 0.15) is 6.07 Å². The van der Waals surface area contributed by atoms with E-state index in [4.69, 9.17) is 11.0 Å². The molecular formula is C9H5FN2O2. The van der Waals surface area contributed by atoms with Crippen molar-refractivity contribution in [2.24, 2.45) is 5.73 Å². The van der Waals surface area contributed by atoms with Crippen LogP contribution in [0.15, 0.2) is 12.1 Å². The Morgan fingerprint density at radius 3 is 2.64 bits per heavy atom. The van der Waals surface area contributed by atoms with Crippen LogP contribution < -0.4 is 5.73 Å². The molecule has 70 valence electrons. The Morgan fingerprint density at radius 2 is 2.21 bits per heavy atom. The predicted molar refractivity (Wildman–Crippen MR) is 45.0 cm³/mol. The first-order valence-electron chi connectivity index (χ1n) is 3.59. The van der Waals surface area contributed by atoms with Gasteiger partial charge >= 0.3 is 0 Å². The molecule has 0 unspecified atom stereocenters. The van der Waals surface area contributed by atoms with Gasteiger partial charge in [0, 0.05) is 5.56 Å². The number of nitrogens with zero attached hydrogens (tertiary/aromatic N) is 1. The van der Waals surface area contributed by atoms with Crippen molar-refractivity contribution in [1.29, 1.82) is 5.26 Å². The summed E-state index contributed by atoms with van der Waals surface area (Å²) < 4.78 is 13.3. The highest BCUT2D eigenvalue weighted by atomic mass is 19.1. The van der Waals surface area contributed by atoms with Crippen molar-refractivity contribution in [2.75, 3.05) is 0 Å². The van der Waals surface area contributed by atoms with E-state index in [0.29, 0.717) is 6.29 Å². The maximum atomic E-state index is 13.3. The van der Waals surface area contributed by atoms with E-state index in [0.717, 1.165) is 6.07 Å². The zero-order valence-electron chi connectivity index (χ0n) is 6.95. The third-order valence-electron chi connectivity index (χ3n) is 1.68.